The van der Waals surface area contributed by atoms with E-state index in [4.69, 9.17) is 5.11 Å². The second kappa shape index (κ2) is 12.0. The smallest absolute Gasteiger partial charge is 0.253 e. The van der Waals surface area contributed by atoms with Gasteiger partial charge in [0.25, 0.3) is 5.91 Å². The molecule has 7 N–H and O–H groups in total. The summed E-state index contributed by atoms with van der Waals surface area (Å²) < 4.78 is 1.41. The molecule has 0 aromatic heterocycles. The summed E-state index contributed by atoms with van der Waals surface area (Å²) in [6.07, 6.45) is -1.11. The van der Waals surface area contributed by atoms with E-state index in [2.05, 4.69) is 10.6 Å². The van der Waals surface area contributed by atoms with Crippen molar-refractivity contribution in [3.63, 3.8) is 0 Å². The maximum Gasteiger partial charge on any atom is 0.253 e. The molecule has 0 saturated carbocycles. The molecule has 0 aliphatic heterocycles. The first-order valence-electron chi connectivity index (χ1n) is 7.63. The van der Waals surface area contributed by atoms with Crippen LogP contribution < -0.4 is 10.6 Å². The van der Waals surface area contributed by atoms with Crippen molar-refractivity contribution in [3.8, 4) is 0 Å². The zero-order chi connectivity index (χ0) is 20.7. The molecule has 0 saturated heterocycles. The van der Waals surface area contributed by atoms with E-state index in [-0.39, 0.29) is 24.4 Å². The number of carbonyl (C=O) groups excluding carboxylic acids is 2. The SMILES string of the molecule is O=C(NCC(O)CO)c1c(I)c(CO)c(I)c(NC(=O)C(CO)CO)c1I. The van der Waals surface area contributed by atoms with Crippen LogP contribution in [0.25, 0.3) is 0 Å². The van der Waals surface area contributed by atoms with Crippen molar-refractivity contribution in [2.75, 3.05) is 31.7 Å². The summed E-state index contributed by atoms with van der Waals surface area (Å²) in [7, 11) is 0. The van der Waals surface area contributed by atoms with E-state index in [1.807, 2.05) is 67.8 Å². The number of benzene rings is 1. The van der Waals surface area contributed by atoms with Crippen molar-refractivity contribution in [2.24, 2.45) is 5.92 Å². The number of rotatable bonds is 9. The fraction of sp³-hybridized carbons (Fsp3) is 0.467. The van der Waals surface area contributed by atoms with Crippen LogP contribution in [0, 0.1) is 16.6 Å². The van der Waals surface area contributed by atoms with Gasteiger partial charge in [-0.15, -0.1) is 0 Å². The molecule has 0 bridgehead atoms. The molecule has 1 aromatic carbocycles. The Bertz CT molecular complexity index is 699. The van der Waals surface area contributed by atoms with Crippen molar-refractivity contribution in [2.45, 2.75) is 12.7 Å². The van der Waals surface area contributed by atoms with Gasteiger partial charge in [0.1, 0.15) is 0 Å². The molecule has 0 fully saturated rings. The van der Waals surface area contributed by atoms with Gasteiger partial charge in [0.15, 0.2) is 0 Å². The number of aliphatic hydroxyl groups excluding tert-OH is 5. The van der Waals surface area contributed by atoms with Crippen LogP contribution in [-0.2, 0) is 11.4 Å². The van der Waals surface area contributed by atoms with Gasteiger partial charge in [0.05, 0.1) is 53.3 Å². The lowest BCUT2D eigenvalue weighted by Crippen LogP contribution is -2.35. The summed E-state index contributed by atoms with van der Waals surface area (Å²) in [5, 5.41) is 51.4. The van der Waals surface area contributed by atoms with Gasteiger partial charge < -0.3 is 36.2 Å². The largest absolute Gasteiger partial charge is 0.395 e. The Morgan fingerprint density at radius 1 is 0.926 bits per heavy atom. The molecule has 12 heteroatoms. The Morgan fingerprint density at radius 3 is 2.00 bits per heavy atom. The van der Waals surface area contributed by atoms with Gasteiger partial charge in [-0.3, -0.25) is 9.59 Å². The lowest BCUT2D eigenvalue weighted by atomic mass is 10.1. The van der Waals surface area contributed by atoms with Crippen LogP contribution in [0.15, 0.2) is 0 Å². The van der Waals surface area contributed by atoms with Crippen molar-refractivity contribution < 1.29 is 35.1 Å². The number of anilines is 1. The third kappa shape index (κ3) is 6.31. The lowest BCUT2D eigenvalue weighted by Gasteiger charge is -2.20. The molecule has 152 valence electrons. The van der Waals surface area contributed by atoms with E-state index in [0.29, 0.717) is 16.3 Å². The Kier molecular flexibility index (Phi) is 11.2. The van der Waals surface area contributed by atoms with Gasteiger partial charge >= 0.3 is 0 Å². The van der Waals surface area contributed by atoms with E-state index in [1.165, 1.54) is 0 Å². The highest BCUT2D eigenvalue weighted by Crippen LogP contribution is 2.36. The summed E-state index contributed by atoms with van der Waals surface area (Å²) in [5.41, 5.74) is 0.917. The molecule has 0 heterocycles. The molecule has 0 aliphatic rings. The first-order chi connectivity index (χ1) is 12.7. The summed E-state index contributed by atoms with van der Waals surface area (Å²) in [6.45, 7) is -2.13. The van der Waals surface area contributed by atoms with E-state index in [0.717, 1.165) is 0 Å². The lowest BCUT2D eigenvalue weighted by molar-refractivity contribution is -0.122. The first-order valence-corrected chi connectivity index (χ1v) is 10.9. The summed E-state index contributed by atoms with van der Waals surface area (Å²) in [6, 6.07) is 0. The van der Waals surface area contributed by atoms with Crippen LogP contribution in [0.3, 0.4) is 0 Å². The van der Waals surface area contributed by atoms with Gasteiger partial charge in [0.2, 0.25) is 5.91 Å². The highest BCUT2D eigenvalue weighted by molar-refractivity contribution is 14.1. The zero-order valence-electron chi connectivity index (χ0n) is 13.9. The topological polar surface area (TPSA) is 159 Å². The average Bonchev–Trinajstić information content (AvgIpc) is 2.64. The molecular weight excluding hydrogens is 701 g/mol. The van der Waals surface area contributed by atoms with Gasteiger partial charge in [-0.1, -0.05) is 0 Å². The Hall–Kier alpha value is 0.150. The Morgan fingerprint density at radius 2 is 1.52 bits per heavy atom. The van der Waals surface area contributed by atoms with Crippen LogP contribution in [0.5, 0.6) is 0 Å². The maximum absolute atomic E-state index is 12.6. The second-order valence-electron chi connectivity index (χ2n) is 5.43. The number of amides is 2. The van der Waals surface area contributed by atoms with E-state index >= 15 is 0 Å². The number of halogens is 3. The van der Waals surface area contributed by atoms with E-state index in [1.54, 1.807) is 0 Å². The third-order valence-corrected chi connectivity index (χ3v) is 7.02. The minimum atomic E-state index is -1.11. The highest BCUT2D eigenvalue weighted by atomic mass is 127. The molecule has 0 spiro atoms. The molecule has 1 aromatic rings. The quantitative estimate of drug-likeness (QED) is 0.172. The van der Waals surface area contributed by atoms with Crippen molar-refractivity contribution in [1.29, 1.82) is 0 Å². The maximum atomic E-state index is 12.6. The summed E-state index contributed by atoms with van der Waals surface area (Å²) in [5.74, 6) is -2.19. The molecule has 0 radical (unpaired) electrons. The number of hydrogen-bond donors (Lipinski definition) is 7. The minimum absolute atomic E-state index is 0.166. The number of nitrogens with one attached hydrogen (secondary N) is 2. The number of hydrogen-bond acceptors (Lipinski definition) is 7. The third-order valence-electron chi connectivity index (χ3n) is 3.56. The van der Waals surface area contributed by atoms with Crippen molar-refractivity contribution in [3.05, 3.63) is 21.8 Å². The van der Waals surface area contributed by atoms with Gasteiger partial charge in [0, 0.05) is 19.2 Å². The number of aliphatic hydroxyl groups is 5. The van der Waals surface area contributed by atoms with E-state index in [9.17, 15) is 30.0 Å². The predicted octanol–water partition coefficient (Wildman–Crippen LogP) is -0.385. The highest BCUT2D eigenvalue weighted by Gasteiger charge is 2.27. The number of carbonyl (C=O) groups is 2. The molecule has 1 rings (SSSR count). The average molecular weight is 720 g/mol. The van der Waals surface area contributed by atoms with Crippen LogP contribution in [0.1, 0.15) is 15.9 Å². The van der Waals surface area contributed by atoms with Crippen LogP contribution in [0.4, 0.5) is 5.69 Å². The molecular formula is C15H19I3N2O7. The van der Waals surface area contributed by atoms with E-state index < -0.39 is 43.7 Å². The molecule has 1 unspecified atom stereocenters. The first kappa shape index (κ1) is 25.2. The molecule has 2 amide bonds. The monoisotopic (exact) mass is 720 g/mol. The standard InChI is InChI=1S/C15H19I3N2O7/c16-10-8(5-24)11(17)13(20-14(26)6(2-21)3-22)12(18)9(10)15(27)19-1-7(25)4-23/h6-7,21-25H,1-5H2,(H,19,27)(H,20,26). The van der Waals surface area contributed by atoms with Crippen LogP contribution in [0.2, 0.25) is 0 Å². The summed E-state index contributed by atoms with van der Waals surface area (Å²) in [4.78, 5) is 24.8. The fourth-order valence-electron chi connectivity index (χ4n) is 1.98. The Labute approximate surface area is 196 Å². The molecule has 27 heavy (non-hydrogen) atoms. The van der Waals surface area contributed by atoms with Crippen LogP contribution >= 0.6 is 67.8 Å². The van der Waals surface area contributed by atoms with Crippen molar-refractivity contribution >= 4 is 85.3 Å². The predicted molar refractivity (Wildman–Crippen MR) is 122 cm³/mol. The fourth-order valence-corrected chi connectivity index (χ4v) is 6.24. The van der Waals surface area contributed by atoms with Gasteiger partial charge in [-0.25, -0.2) is 0 Å². The molecule has 0 aliphatic carbocycles. The molecule has 9 nitrogen and oxygen atoms in total. The molecule has 1 atom stereocenters. The summed E-state index contributed by atoms with van der Waals surface area (Å²) >= 11 is 5.74. The minimum Gasteiger partial charge on any atom is -0.395 e. The van der Waals surface area contributed by atoms with Crippen molar-refractivity contribution in [1.82, 2.24) is 5.32 Å². The zero-order valence-corrected chi connectivity index (χ0v) is 20.3. The Balaban J connectivity index is 3.36. The van der Waals surface area contributed by atoms with Gasteiger partial charge in [-0.2, -0.15) is 0 Å². The normalized spacial score (nSPS) is 12.2. The van der Waals surface area contributed by atoms with Gasteiger partial charge in [-0.05, 0) is 67.8 Å². The second-order valence-corrected chi connectivity index (χ2v) is 8.66. The van der Waals surface area contributed by atoms with Crippen LogP contribution in [-0.4, -0.2) is 69.8 Å².